The minimum atomic E-state index is -0.831. The summed E-state index contributed by atoms with van der Waals surface area (Å²) >= 11 is 0. The van der Waals surface area contributed by atoms with E-state index in [0.29, 0.717) is 19.6 Å². The van der Waals surface area contributed by atoms with E-state index in [4.69, 9.17) is 14.7 Å². The monoisotopic (exact) mass is 251 g/mol. The first-order valence-corrected chi connectivity index (χ1v) is 5.29. The highest BCUT2D eigenvalue weighted by Crippen LogP contribution is 2.38. The Kier molecular flexibility index (Phi) is 3.33. The largest absolute Gasteiger partial charge is 0.489 e. The van der Waals surface area contributed by atoms with E-state index in [1.54, 1.807) is 6.07 Å². The molecule has 0 spiro atoms. The van der Waals surface area contributed by atoms with Gasteiger partial charge in [-0.25, -0.2) is 9.18 Å². The molecular weight excluding hydrogens is 241 g/mol. The molecule has 1 aromatic carbocycles. The van der Waals surface area contributed by atoms with Crippen molar-refractivity contribution in [2.75, 3.05) is 20.3 Å². The van der Waals surface area contributed by atoms with Crippen molar-refractivity contribution in [3.05, 3.63) is 23.0 Å². The van der Waals surface area contributed by atoms with E-state index < -0.39 is 11.8 Å². The van der Waals surface area contributed by atoms with Crippen LogP contribution in [0.1, 0.15) is 22.3 Å². The number of nitriles is 1. The van der Waals surface area contributed by atoms with E-state index in [9.17, 15) is 9.18 Å². The number of nitrogens with zero attached hydrogens (tertiary/aromatic N) is 1. The van der Waals surface area contributed by atoms with Crippen LogP contribution in [0.5, 0.6) is 11.5 Å². The van der Waals surface area contributed by atoms with Crippen LogP contribution < -0.4 is 9.47 Å². The number of esters is 1. The Morgan fingerprint density at radius 3 is 2.72 bits per heavy atom. The van der Waals surface area contributed by atoms with E-state index in [2.05, 4.69) is 4.74 Å². The SMILES string of the molecule is COC(=O)c1cc(F)c(C#N)c2c1OCCCO2. The first-order chi connectivity index (χ1) is 8.69. The quantitative estimate of drug-likeness (QED) is 0.710. The van der Waals surface area contributed by atoms with Crippen LogP contribution in [-0.4, -0.2) is 26.3 Å². The number of carbonyl (C=O) groups is 1. The zero-order valence-corrected chi connectivity index (χ0v) is 9.66. The minimum absolute atomic E-state index is 0.0320. The van der Waals surface area contributed by atoms with E-state index in [-0.39, 0.29) is 22.6 Å². The van der Waals surface area contributed by atoms with Crippen molar-refractivity contribution in [2.24, 2.45) is 0 Å². The predicted octanol–water partition coefficient (Wildman–Crippen LogP) is 1.65. The van der Waals surface area contributed by atoms with Gasteiger partial charge in [-0.1, -0.05) is 0 Å². The topological polar surface area (TPSA) is 68.6 Å². The van der Waals surface area contributed by atoms with Crippen LogP contribution in [0.4, 0.5) is 4.39 Å². The molecule has 1 aliphatic heterocycles. The standard InChI is InChI=1S/C12H10FNO4/c1-16-12(15)7-5-9(13)8(6-14)11-10(7)17-3-2-4-18-11/h5H,2-4H2,1H3. The van der Waals surface area contributed by atoms with Gasteiger partial charge >= 0.3 is 5.97 Å². The average Bonchev–Trinajstić information content (AvgIpc) is 2.62. The maximum absolute atomic E-state index is 13.7. The fraction of sp³-hybridized carbons (Fsp3) is 0.333. The van der Waals surface area contributed by atoms with Gasteiger partial charge in [-0.2, -0.15) is 5.26 Å². The Bertz CT molecular complexity index is 536. The Morgan fingerprint density at radius 2 is 2.11 bits per heavy atom. The molecule has 5 nitrogen and oxygen atoms in total. The molecule has 0 fully saturated rings. The van der Waals surface area contributed by atoms with Gasteiger partial charge in [0.25, 0.3) is 0 Å². The molecule has 6 heteroatoms. The van der Waals surface area contributed by atoms with E-state index in [0.717, 1.165) is 6.07 Å². The fourth-order valence-corrected chi connectivity index (χ4v) is 1.66. The van der Waals surface area contributed by atoms with Crippen LogP contribution in [0.3, 0.4) is 0 Å². The number of halogens is 1. The van der Waals surface area contributed by atoms with Gasteiger partial charge in [0.15, 0.2) is 11.5 Å². The van der Waals surface area contributed by atoms with Gasteiger partial charge in [-0.15, -0.1) is 0 Å². The zero-order chi connectivity index (χ0) is 13.1. The van der Waals surface area contributed by atoms with Gasteiger partial charge in [-0.05, 0) is 6.07 Å². The van der Waals surface area contributed by atoms with Gasteiger partial charge in [0.05, 0.1) is 20.3 Å². The number of fused-ring (bicyclic) bond motifs is 1. The molecule has 0 unspecified atom stereocenters. The normalized spacial score (nSPS) is 13.4. The molecule has 0 radical (unpaired) electrons. The Labute approximate surface area is 103 Å². The highest BCUT2D eigenvalue weighted by atomic mass is 19.1. The molecule has 18 heavy (non-hydrogen) atoms. The van der Waals surface area contributed by atoms with Crippen molar-refractivity contribution >= 4 is 5.97 Å². The zero-order valence-electron chi connectivity index (χ0n) is 9.66. The molecule has 94 valence electrons. The van der Waals surface area contributed by atoms with E-state index >= 15 is 0 Å². The Morgan fingerprint density at radius 1 is 1.44 bits per heavy atom. The number of benzene rings is 1. The predicted molar refractivity (Wildman–Crippen MR) is 58.1 cm³/mol. The number of hydrogen-bond donors (Lipinski definition) is 0. The first kappa shape index (κ1) is 12.2. The molecule has 1 heterocycles. The maximum atomic E-state index is 13.7. The summed E-state index contributed by atoms with van der Waals surface area (Å²) in [4.78, 5) is 11.5. The van der Waals surface area contributed by atoms with Gasteiger partial charge in [-0.3, -0.25) is 0 Å². The van der Waals surface area contributed by atoms with Crippen molar-refractivity contribution in [1.82, 2.24) is 0 Å². The third-order valence-corrected chi connectivity index (χ3v) is 2.49. The first-order valence-electron chi connectivity index (χ1n) is 5.29. The van der Waals surface area contributed by atoms with E-state index in [1.807, 2.05) is 0 Å². The van der Waals surface area contributed by atoms with Gasteiger partial charge < -0.3 is 14.2 Å². The molecular formula is C12H10FNO4. The summed E-state index contributed by atoms with van der Waals surface area (Å²) in [5.74, 6) is -1.53. The van der Waals surface area contributed by atoms with Crippen molar-refractivity contribution < 1.29 is 23.4 Å². The molecule has 0 N–H and O–H groups in total. The second-order valence-electron chi connectivity index (χ2n) is 3.59. The summed E-state index contributed by atoms with van der Waals surface area (Å²) in [5.41, 5.74) is -0.342. The van der Waals surface area contributed by atoms with Crippen LogP contribution in [0.2, 0.25) is 0 Å². The molecule has 2 rings (SSSR count). The van der Waals surface area contributed by atoms with Crippen LogP contribution in [0.25, 0.3) is 0 Å². The lowest BCUT2D eigenvalue weighted by Gasteiger charge is -2.13. The third-order valence-electron chi connectivity index (χ3n) is 2.49. The highest BCUT2D eigenvalue weighted by Gasteiger charge is 2.26. The molecule has 0 saturated carbocycles. The number of ether oxygens (including phenoxy) is 3. The molecule has 0 aromatic heterocycles. The Balaban J connectivity index is 2.67. The van der Waals surface area contributed by atoms with Crippen LogP contribution in [-0.2, 0) is 4.74 Å². The molecule has 1 aliphatic rings. The highest BCUT2D eigenvalue weighted by molar-refractivity contribution is 5.94. The second-order valence-corrected chi connectivity index (χ2v) is 3.59. The molecule has 0 amide bonds. The number of hydrogen-bond acceptors (Lipinski definition) is 5. The Hall–Kier alpha value is -2.29. The summed E-state index contributed by atoms with van der Waals surface area (Å²) in [6.45, 7) is 0.624. The molecule has 0 saturated heterocycles. The molecule has 0 bridgehead atoms. The lowest BCUT2D eigenvalue weighted by atomic mass is 10.1. The van der Waals surface area contributed by atoms with Crippen molar-refractivity contribution in [3.63, 3.8) is 0 Å². The summed E-state index contributed by atoms with van der Waals surface area (Å²) < 4.78 is 28.9. The van der Waals surface area contributed by atoms with Gasteiger partial charge in [0.2, 0.25) is 0 Å². The summed E-state index contributed by atoms with van der Waals surface area (Å²) in [6, 6.07) is 2.63. The van der Waals surface area contributed by atoms with Crippen LogP contribution in [0, 0.1) is 17.1 Å². The summed E-state index contributed by atoms with van der Waals surface area (Å²) in [7, 11) is 1.18. The lowest BCUT2D eigenvalue weighted by molar-refractivity contribution is 0.0595. The summed E-state index contributed by atoms with van der Waals surface area (Å²) in [6.07, 6.45) is 0.585. The van der Waals surface area contributed by atoms with Crippen molar-refractivity contribution in [2.45, 2.75) is 6.42 Å². The summed E-state index contributed by atoms with van der Waals surface area (Å²) in [5, 5.41) is 8.91. The number of carbonyl (C=O) groups excluding carboxylic acids is 1. The minimum Gasteiger partial charge on any atom is -0.489 e. The van der Waals surface area contributed by atoms with Gasteiger partial charge in [0, 0.05) is 6.42 Å². The smallest absolute Gasteiger partial charge is 0.341 e. The van der Waals surface area contributed by atoms with E-state index in [1.165, 1.54) is 7.11 Å². The number of rotatable bonds is 1. The van der Waals surface area contributed by atoms with Crippen molar-refractivity contribution in [3.8, 4) is 17.6 Å². The molecule has 0 aliphatic carbocycles. The van der Waals surface area contributed by atoms with Gasteiger partial charge in [0.1, 0.15) is 23.0 Å². The third kappa shape index (κ3) is 1.95. The van der Waals surface area contributed by atoms with Crippen LogP contribution in [0.15, 0.2) is 6.07 Å². The average molecular weight is 251 g/mol. The fourth-order valence-electron chi connectivity index (χ4n) is 1.66. The number of methoxy groups -OCH3 is 1. The van der Waals surface area contributed by atoms with Crippen LogP contribution >= 0.6 is 0 Å². The lowest BCUT2D eigenvalue weighted by Crippen LogP contribution is -2.08. The second kappa shape index (κ2) is 4.92. The molecule has 0 atom stereocenters. The maximum Gasteiger partial charge on any atom is 0.341 e. The van der Waals surface area contributed by atoms with Crippen molar-refractivity contribution in [1.29, 1.82) is 5.26 Å². The molecule has 1 aromatic rings.